The molecule has 0 bridgehead atoms. The predicted molar refractivity (Wildman–Crippen MR) is 93.7 cm³/mol. The molecule has 2 rings (SSSR count). The highest BCUT2D eigenvalue weighted by Crippen LogP contribution is 2.24. The number of rotatable bonds is 6. The molecule has 0 spiro atoms. The second kappa shape index (κ2) is 7.30. The van der Waals surface area contributed by atoms with E-state index in [4.69, 9.17) is 9.47 Å². The maximum atomic E-state index is 10.5. The first-order valence-corrected chi connectivity index (χ1v) is 8.64. The van der Waals surface area contributed by atoms with Crippen LogP contribution < -0.4 is 14.4 Å². The molecule has 0 amide bonds. The zero-order valence-corrected chi connectivity index (χ0v) is 15.5. The summed E-state index contributed by atoms with van der Waals surface area (Å²) in [7, 11) is 1.62. The highest BCUT2D eigenvalue weighted by molar-refractivity contribution is 5.32. The van der Waals surface area contributed by atoms with E-state index in [0.717, 1.165) is 18.6 Å². The fourth-order valence-corrected chi connectivity index (χ4v) is 4.14. The molecule has 5 heteroatoms. The molecule has 1 aromatic rings. The second-order valence-electron chi connectivity index (χ2n) is 8.16. The molecule has 0 aliphatic carbocycles. The fourth-order valence-electron chi connectivity index (χ4n) is 4.14. The van der Waals surface area contributed by atoms with E-state index in [-0.39, 0.29) is 23.8 Å². The number of piperidine rings is 1. The van der Waals surface area contributed by atoms with Crippen LogP contribution in [0.5, 0.6) is 11.5 Å². The van der Waals surface area contributed by atoms with Crippen LogP contribution in [0.25, 0.3) is 0 Å². The van der Waals surface area contributed by atoms with Crippen molar-refractivity contribution in [3.8, 4) is 11.5 Å². The summed E-state index contributed by atoms with van der Waals surface area (Å²) in [5, 5.41) is 20.6. The Bertz CT molecular complexity index is 526. The summed E-state index contributed by atoms with van der Waals surface area (Å²) in [6.07, 6.45) is 0.647. The lowest BCUT2D eigenvalue weighted by atomic mass is 9.78. The summed E-state index contributed by atoms with van der Waals surface area (Å²) in [4.78, 5) is 1.31. The molecule has 1 saturated heterocycles. The van der Waals surface area contributed by atoms with Crippen LogP contribution in [0.15, 0.2) is 24.3 Å². The fraction of sp³-hybridized carbons (Fsp3) is 0.684. The number of aliphatic hydroxyl groups excluding tert-OH is 2. The molecule has 1 heterocycles. The Balaban J connectivity index is 1.96. The van der Waals surface area contributed by atoms with Gasteiger partial charge in [0.2, 0.25) is 0 Å². The average Bonchev–Trinajstić information content (AvgIpc) is 2.48. The van der Waals surface area contributed by atoms with Gasteiger partial charge >= 0.3 is 0 Å². The van der Waals surface area contributed by atoms with Crippen LogP contribution in [0.1, 0.15) is 40.5 Å². The number of hydrogen-bond acceptors (Lipinski definition) is 4. The van der Waals surface area contributed by atoms with E-state index in [9.17, 15) is 10.2 Å². The average molecular weight is 338 g/mol. The minimum absolute atomic E-state index is 0.0852. The third kappa shape index (κ3) is 4.62. The maximum Gasteiger partial charge on any atom is 0.137 e. The van der Waals surface area contributed by atoms with Gasteiger partial charge in [-0.3, -0.25) is 0 Å². The van der Waals surface area contributed by atoms with Crippen LogP contribution in [0.4, 0.5) is 0 Å². The van der Waals surface area contributed by atoms with E-state index in [2.05, 4.69) is 27.7 Å². The van der Waals surface area contributed by atoms with Gasteiger partial charge in [0.05, 0.1) is 24.3 Å². The lowest BCUT2D eigenvalue weighted by Gasteiger charge is -2.51. The molecule has 0 unspecified atom stereocenters. The molecular formula is C19H32NO4+. The molecule has 0 saturated carbocycles. The normalized spacial score (nSPS) is 26.6. The third-order valence-electron chi connectivity index (χ3n) is 5.05. The highest BCUT2D eigenvalue weighted by atomic mass is 16.5. The summed E-state index contributed by atoms with van der Waals surface area (Å²) in [6, 6.07) is 7.39. The highest BCUT2D eigenvalue weighted by Gasteiger charge is 2.49. The standard InChI is InChI=1S/C19H31NO4/c1-18(2)10-14(21)11-19(3,4)20(18)12-15(22)13-24-17-8-6-7-16(9-17)23-5/h6-9,14-15,21-22H,10-13H2,1-5H3/p+1/t15-/m1/s1. The van der Waals surface area contributed by atoms with Crippen LogP contribution in [-0.4, -0.2) is 53.8 Å². The van der Waals surface area contributed by atoms with Gasteiger partial charge in [0.1, 0.15) is 30.8 Å². The molecule has 136 valence electrons. The van der Waals surface area contributed by atoms with E-state index in [1.54, 1.807) is 7.11 Å². The van der Waals surface area contributed by atoms with Crippen molar-refractivity contribution >= 4 is 0 Å². The molecule has 1 aliphatic heterocycles. The van der Waals surface area contributed by atoms with Crippen LogP contribution in [0.2, 0.25) is 0 Å². The van der Waals surface area contributed by atoms with Crippen LogP contribution in [0, 0.1) is 0 Å². The van der Waals surface area contributed by atoms with Crippen molar-refractivity contribution in [2.24, 2.45) is 0 Å². The Hall–Kier alpha value is -1.30. The predicted octanol–water partition coefficient (Wildman–Crippen LogP) is 1.03. The van der Waals surface area contributed by atoms with E-state index in [0.29, 0.717) is 12.3 Å². The Morgan fingerprint density at radius 3 is 2.33 bits per heavy atom. The van der Waals surface area contributed by atoms with Crippen LogP contribution >= 0.6 is 0 Å². The van der Waals surface area contributed by atoms with Gasteiger partial charge < -0.3 is 24.6 Å². The van der Waals surface area contributed by atoms with E-state index < -0.39 is 6.10 Å². The van der Waals surface area contributed by atoms with E-state index in [1.807, 2.05) is 24.3 Å². The number of hydrogen-bond donors (Lipinski definition) is 3. The van der Waals surface area contributed by atoms with Crippen molar-refractivity contribution in [1.29, 1.82) is 0 Å². The van der Waals surface area contributed by atoms with Crippen LogP contribution in [-0.2, 0) is 0 Å². The quantitative estimate of drug-likeness (QED) is 0.725. The topological polar surface area (TPSA) is 63.4 Å². The third-order valence-corrected chi connectivity index (χ3v) is 5.05. The van der Waals surface area contributed by atoms with E-state index in [1.165, 1.54) is 4.90 Å². The number of likely N-dealkylation sites (tertiary alicyclic amines) is 1. The zero-order valence-electron chi connectivity index (χ0n) is 15.5. The van der Waals surface area contributed by atoms with Gasteiger partial charge in [-0.25, -0.2) is 0 Å². The van der Waals surface area contributed by atoms with Gasteiger partial charge in [0.15, 0.2) is 0 Å². The Morgan fingerprint density at radius 1 is 1.17 bits per heavy atom. The van der Waals surface area contributed by atoms with Gasteiger partial charge in [-0.1, -0.05) is 6.07 Å². The molecule has 24 heavy (non-hydrogen) atoms. The maximum absolute atomic E-state index is 10.5. The van der Waals surface area contributed by atoms with Crippen LogP contribution in [0.3, 0.4) is 0 Å². The van der Waals surface area contributed by atoms with Crippen molar-refractivity contribution < 1.29 is 24.6 Å². The largest absolute Gasteiger partial charge is 0.497 e. The summed E-state index contributed by atoms with van der Waals surface area (Å²) in [5.41, 5.74) is -0.170. The van der Waals surface area contributed by atoms with Crippen molar-refractivity contribution in [3.05, 3.63) is 24.3 Å². The molecule has 5 nitrogen and oxygen atoms in total. The molecule has 1 aromatic carbocycles. The smallest absolute Gasteiger partial charge is 0.137 e. The molecule has 0 radical (unpaired) electrons. The SMILES string of the molecule is COc1cccc(OC[C@H](O)C[NH+]2C(C)(C)CC(O)CC2(C)C)c1. The Morgan fingerprint density at radius 2 is 1.75 bits per heavy atom. The molecular weight excluding hydrogens is 306 g/mol. The van der Waals surface area contributed by atoms with Gasteiger partial charge in [0.25, 0.3) is 0 Å². The van der Waals surface area contributed by atoms with Gasteiger partial charge in [-0.15, -0.1) is 0 Å². The molecule has 1 aliphatic rings. The first kappa shape index (κ1) is 19.0. The van der Waals surface area contributed by atoms with Crippen molar-refractivity contribution in [2.45, 2.75) is 63.8 Å². The number of quaternary nitrogens is 1. The Kier molecular flexibility index (Phi) is 5.78. The minimum Gasteiger partial charge on any atom is -0.497 e. The first-order chi connectivity index (χ1) is 11.1. The second-order valence-corrected chi connectivity index (χ2v) is 8.16. The zero-order chi connectivity index (χ0) is 18.0. The number of ether oxygens (including phenoxy) is 2. The lowest BCUT2D eigenvalue weighted by molar-refractivity contribution is -1.00. The van der Waals surface area contributed by atoms with Crippen molar-refractivity contribution in [3.63, 3.8) is 0 Å². The number of methoxy groups -OCH3 is 1. The molecule has 3 N–H and O–H groups in total. The minimum atomic E-state index is -0.569. The number of benzene rings is 1. The van der Waals surface area contributed by atoms with Gasteiger partial charge in [-0.2, -0.15) is 0 Å². The molecule has 1 atom stereocenters. The number of nitrogens with one attached hydrogen (secondary N) is 1. The van der Waals surface area contributed by atoms with Gasteiger partial charge in [0, 0.05) is 18.9 Å². The number of aliphatic hydroxyl groups is 2. The summed E-state index contributed by atoms with van der Waals surface area (Å²) in [6.45, 7) is 9.45. The molecule has 0 aromatic heterocycles. The van der Waals surface area contributed by atoms with Crippen molar-refractivity contribution in [2.75, 3.05) is 20.3 Å². The van der Waals surface area contributed by atoms with E-state index >= 15 is 0 Å². The van der Waals surface area contributed by atoms with Gasteiger partial charge in [-0.05, 0) is 39.8 Å². The van der Waals surface area contributed by atoms with Crippen molar-refractivity contribution in [1.82, 2.24) is 0 Å². The Labute approximate surface area is 145 Å². The monoisotopic (exact) mass is 338 g/mol. The summed E-state index contributed by atoms with van der Waals surface area (Å²) in [5.74, 6) is 1.43. The summed E-state index contributed by atoms with van der Waals surface area (Å²) >= 11 is 0. The lowest BCUT2D eigenvalue weighted by Crippen LogP contribution is -3.27. The first-order valence-electron chi connectivity index (χ1n) is 8.64. The molecule has 1 fully saturated rings. The summed E-state index contributed by atoms with van der Waals surface area (Å²) < 4.78 is 10.9.